The Morgan fingerprint density at radius 2 is 1.88 bits per heavy atom. The summed E-state index contributed by atoms with van der Waals surface area (Å²) in [7, 11) is -0.334. The molecule has 1 unspecified atom stereocenters. The Morgan fingerprint density at radius 3 is 2.54 bits per heavy atom. The van der Waals surface area contributed by atoms with Gasteiger partial charge in [-0.25, -0.2) is 4.98 Å². The Hall–Kier alpha value is -1.37. The first-order chi connectivity index (χ1) is 12.2. The van der Waals surface area contributed by atoms with Crippen molar-refractivity contribution in [2.75, 3.05) is 19.6 Å². The van der Waals surface area contributed by atoms with Crippen molar-refractivity contribution in [1.29, 1.82) is 0 Å². The van der Waals surface area contributed by atoms with Gasteiger partial charge in [0.05, 0.1) is 22.2 Å². The summed E-state index contributed by atoms with van der Waals surface area (Å²) in [6.07, 6.45) is 0.999. The van der Waals surface area contributed by atoms with E-state index in [1.807, 2.05) is 0 Å². The molecule has 1 aromatic carbocycles. The molecule has 6 heteroatoms. The average Bonchev–Trinajstić information content (AvgIpc) is 2.98. The summed E-state index contributed by atoms with van der Waals surface area (Å²) in [6.45, 7) is 16.1. The molecular formula is C20H30BN3O2. The van der Waals surface area contributed by atoms with Crippen LogP contribution in [0, 0.1) is 0 Å². The topological polar surface area (TPSA) is 39.5 Å². The third-order valence-corrected chi connectivity index (χ3v) is 6.37. The molecule has 0 N–H and O–H groups in total. The summed E-state index contributed by atoms with van der Waals surface area (Å²) < 4.78 is 14.8. The molecule has 26 heavy (non-hydrogen) atoms. The van der Waals surface area contributed by atoms with Crippen molar-refractivity contribution < 1.29 is 9.31 Å². The van der Waals surface area contributed by atoms with Crippen molar-refractivity contribution in [1.82, 2.24) is 14.5 Å². The first kappa shape index (κ1) is 18.0. The van der Waals surface area contributed by atoms with E-state index in [1.165, 1.54) is 11.3 Å². The monoisotopic (exact) mass is 355 g/mol. The minimum atomic E-state index is -0.334. The van der Waals surface area contributed by atoms with E-state index in [-0.39, 0.29) is 18.3 Å². The Bertz CT molecular complexity index is 814. The second-order valence-corrected chi connectivity index (χ2v) is 8.73. The van der Waals surface area contributed by atoms with Crippen LogP contribution in [0.25, 0.3) is 11.0 Å². The van der Waals surface area contributed by atoms with E-state index in [0.29, 0.717) is 6.04 Å². The zero-order chi connectivity index (χ0) is 18.7. The zero-order valence-electron chi connectivity index (χ0n) is 16.9. The highest BCUT2D eigenvalue weighted by molar-refractivity contribution is 6.62. The van der Waals surface area contributed by atoms with Gasteiger partial charge >= 0.3 is 7.12 Å². The fourth-order valence-corrected chi connectivity index (χ4v) is 4.05. The lowest BCUT2D eigenvalue weighted by atomic mass is 9.79. The summed E-state index contributed by atoms with van der Waals surface area (Å²) in [5, 5.41) is 0. The highest BCUT2D eigenvalue weighted by atomic mass is 16.7. The molecule has 0 amide bonds. The van der Waals surface area contributed by atoms with Gasteiger partial charge in [-0.2, -0.15) is 0 Å². The van der Waals surface area contributed by atoms with E-state index in [9.17, 15) is 0 Å². The third-order valence-electron chi connectivity index (χ3n) is 6.37. The quantitative estimate of drug-likeness (QED) is 0.777. The zero-order valence-corrected chi connectivity index (χ0v) is 16.9. The lowest BCUT2D eigenvalue weighted by Crippen LogP contribution is -2.41. The predicted molar refractivity (Wildman–Crippen MR) is 106 cm³/mol. The van der Waals surface area contributed by atoms with Crippen LogP contribution < -0.4 is 5.46 Å². The molecule has 4 rings (SSSR count). The van der Waals surface area contributed by atoms with Gasteiger partial charge in [0.1, 0.15) is 5.82 Å². The summed E-state index contributed by atoms with van der Waals surface area (Å²) >= 11 is 0. The van der Waals surface area contributed by atoms with Crippen LogP contribution in [-0.2, 0) is 15.7 Å². The average molecular weight is 355 g/mol. The van der Waals surface area contributed by atoms with Crippen molar-refractivity contribution >= 4 is 23.6 Å². The van der Waals surface area contributed by atoms with Crippen LogP contribution in [0.15, 0.2) is 18.2 Å². The van der Waals surface area contributed by atoms with Crippen molar-refractivity contribution in [3.05, 3.63) is 24.0 Å². The maximum Gasteiger partial charge on any atom is 0.494 e. The molecule has 3 heterocycles. The second-order valence-electron chi connectivity index (χ2n) is 8.73. The van der Waals surface area contributed by atoms with E-state index < -0.39 is 0 Å². The highest BCUT2D eigenvalue weighted by Gasteiger charge is 2.51. The largest absolute Gasteiger partial charge is 0.494 e. The Kier molecular flexibility index (Phi) is 4.21. The number of nitrogens with zero attached hydrogens (tertiary/aromatic N) is 3. The van der Waals surface area contributed by atoms with Crippen LogP contribution >= 0.6 is 0 Å². The SMILES string of the molecule is CCN1CCc2nc3cc(B4OC(C)(C)C(C)(C)O4)ccc3n2C(C)C1. The van der Waals surface area contributed by atoms with Gasteiger partial charge in [0, 0.05) is 25.6 Å². The van der Waals surface area contributed by atoms with Crippen molar-refractivity contribution in [3.63, 3.8) is 0 Å². The van der Waals surface area contributed by atoms with E-state index >= 15 is 0 Å². The van der Waals surface area contributed by atoms with Gasteiger partial charge in [0.2, 0.25) is 0 Å². The molecule has 0 aliphatic carbocycles. The minimum Gasteiger partial charge on any atom is -0.399 e. The van der Waals surface area contributed by atoms with Gasteiger partial charge in [0.25, 0.3) is 0 Å². The maximum absolute atomic E-state index is 6.21. The smallest absolute Gasteiger partial charge is 0.399 e. The normalized spacial score (nSPS) is 25.5. The Morgan fingerprint density at radius 1 is 1.19 bits per heavy atom. The summed E-state index contributed by atoms with van der Waals surface area (Å²) in [4.78, 5) is 7.47. The second kappa shape index (κ2) is 6.08. The molecule has 5 nitrogen and oxygen atoms in total. The lowest BCUT2D eigenvalue weighted by molar-refractivity contribution is 0.00578. The van der Waals surface area contributed by atoms with Crippen molar-refractivity contribution in [2.45, 2.75) is 65.2 Å². The van der Waals surface area contributed by atoms with Gasteiger partial charge in [-0.3, -0.25) is 0 Å². The van der Waals surface area contributed by atoms with Crippen LogP contribution in [0.1, 0.15) is 53.4 Å². The van der Waals surface area contributed by atoms with Crippen LogP contribution in [0.2, 0.25) is 0 Å². The maximum atomic E-state index is 6.21. The van der Waals surface area contributed by atoms with Crippen LogP contribution in [0.3, 0.4) is 0 Å². The molecule has 1 saturated heterocycles. The van der Waals surface area contributed by atoms with E-state index in [1.54, 1.807) is 0 Å². The van der Waals surface area contributed by atoms with Crippen LogP contribution in [0.5, 0.6) is 0 Å². The number of rotatable bonds is 2. The first-order valence-corrected chi connectivity index (χ1v) is 9.80. The van der Waals surface area contributed by atoms with Gasteiger partial charge < -0.3 is 18.8 Å². The Balaban J connectivity index is 1.69. The van der Waals surface area contributed by atoms with Crippen molar-refractivity contribution in [2.24, 2.45) is 0 Å². The minimum absolute atomic E-state index is 0.323. The predicted octanol–water partition coefficient (Wildman–Crippen LogP) is 2.77. The van der Waals surface area contributed by atoms with Crippen LogP contribution in [-0.4, -0.2) is 52.4 Å². The number of aromatic nitrogens is 2. The van der Waals surface area contributed by atoms with Gasteiger partial charge in [0.15, 0.2) is 0 Å². The van der Waals surface area contributed by atoms with Gasteiger partial charge in [-0.1, -0.05) is 13.0 Å². The van der Waals surface area contributed by atoms with Gasteiger partial charge in [-0.15, -0.1) is 0 Å². The van der Waals surface area contributed by atoms with Crippen molar-refractivity contribution in [3.8, 4) is 0 Å². The molecule has 1 atom stereocenters. The lowest BCUT2D eigenvalue weighted by Gasteiger charge is -2.32. The number of benzene rings is 1. The van der Waals surface area contributed by atoms with E-state index in [4.69, 9.17) is 14.3 Å². The molecule has 140 valence electrons. The molecule has 1 aromatic heterocycles. The third kappa shape index (κ3) is 2.79. The fraction of sp³-hybridized carbons (Fsp3) is 0.650. The number of hydrogen-bond acceptors (Lipinski definition) is 4. The molecule has 0 saturated carbocycles. The molecule has 1 fully saturated rings. The summed E-state index contributed by atoms with van der Waals surface area (Å²) in [6, 6.07) is 6.89. The number of likely N-dealkylation sites (N-methyl/N-ethyl adjacent to an activating group) is 1. The van der Waals surface area contributed by atoms with E-state index in [2.05, 4.69) is 69.2 Å². The van der Waals surface area contributed by atoms with E-state index in [0.717, 1.165) is 37.0 Å². The highest BCUT2D eigenvalue weighted by Crippen LogP contribution is 2.36. The van der Waals surface area contributed by atoms with Crippen LogP contribution in [0.4, 0.5) is 0 Å². The molecule has 2 aliphatic rings. The first-order valence-electron chi connectivity index (χ1n) is 9.80. The molecule has 0 radical (unpaired) electrons. The number of imidazole rings is 1. The summed E-state index contributed by atoms with van der Waals surface area (Å²) in [5.41, 5.74) is 2.66. The fourth-order valence-electron chi connectivity index (χ4n) is 4.05. The number of fused-ring (bicyclic) bond motifs is 3. The number of hydrogen-bond donors (Lipinski definition) is 0. The Labute approximate surface area is 156 Å². The summed E-state index contributed by atoms with van der Waals surface area (Å²) in [5.74, 6) is 1.19. The molecular weight excluding hydrogens is 325 g/mol. The molecule has 2 aliphatic heterocycles. The van der Waals surface area contributed by atoms with Gasteiger partial charge in [-0.05, 0) is 58.8 Å². The molecule has 0 spiro atoms. The standard InChI is InChI=1S/C20H30BN3O2/c1-7-23-11-10-18-22-16-12-15(8-9-17(16)24(18)14(2)13-23)21-25-19(3,4)20(5,6)26-21/h8-9,12,14H,7,10-11,13H2,1-6H3. The molecule has 0 bridgehead atoms. The molecule has 2 aromatic rings.